The van der Waals surface area contributed by atoms with Crippen molar-refractivity contribution in [3.63, 3.8) is 0 Å². The lowest BCUT2D eigenvalue weighted by Gasteiger charge is -2.10. The first-order valence-corrected chi connectivity index (χ1v) is 5.85. The van der Waals surface area contributed by atoms with Gasteiger partial charge in [-0.2, -0.15) is 4.80 Å². The highest BCUT2D eigenvalue weighted by Crippen LogP contribution is 2.26. The van der Waals surface area contributed by atoms with E-state index in [2.05, 4.69) is 15.4 Å². The lowest BCUT2D eigenvalue weighted by molar-refractivity contribution is 0.291. The summed E-state index contributed by atoms with van der Waals surface area (Å²) >= 11 is 5.84. The molecule has 0 spiro atoms. The molecule has 0 saturated carbocycles. The number of nitrogens with zero attached hydrogens (tertiary/aromatic N) is 4. The lowest BCUT2D eigenvalue weighted by atomic mass is 10.2. The Hall–Kier alpha value is -1.82. The Kier molecular flexibility index (Phi) is 3.99. The molecular weight excluding hydrogens is 256 g/mol. The van der Waals surface area contributed by atoms with E-state index in [1.54, 1.807) is 20.2 Å². The molecule has 2 rings (SSSR count). The fourth-order valence-electron chi connectivity index (χ4n) is 1.43. The summed E-state index contributed by atoms with van der Waals surface area (Å²) in [5.41, 5.74) is 0.890. The van der Waals surface area contributed by atoms with Gasteiger partial charge in [0.05, 0.1) is 20.0 Å². The Bertz CT molecular complexity index is 530. The van der Waals surface area contributed by atoms with Crippen LogP contribution in [0.4, 0.5) is 0 Å². The third kappa shape index (κ3) is 2.89. The largest absolute Gasteiger partial charge is 0.497 e. The van der Waals surface area contributed by atoms with Crippen molar-refractivity contribution in [3.05, 3.63) is 29.6 Å². The van der Waals surface area contributed by atoms with Crippen LogP contribution in [0.25, 0.3) is 0 Å². The average molecular weight is 269 g/mol. The number of ether oxygens (including phenoxy) is 2. The molecule has 0 bridgehead atoms. The van der Waals surface area contributed by atoms with E-state index in [-0.39, 0.29) is 6.61 Å². The molecule has 18 heavy (non-hydrogen) atoms. The zero-order valence-electron chi connectivity index (χ0n) is 10.1. The van der Waals surface area contributed by atoms with Gasteiger partial charge in [-0.1, -0.05) is 6.07 Å². The molecule has 0 N–H and O–H groups in total. The second kappa shape index (κ2) is 5.68. The maximum atomic E-state index is 5.84. The minimum absolute atomic E-state index is 0.241. The summed E-state index contributed by atoms with van der Waals surface area (Å²) in [7, 11) is 3.30. The van der Waals surface area contributed by atoms with Crippen molar-refractivity contribution in [1.29, 1.82) is 0 Å². The van der Waals surface area contributed by atoms with Crippen LogP contribution in [0.5, 0.6) is 11.5 Å². The van der Waals surface area contributed by atoms with E-state index in [1.165, 1.54) is 4.80 Å². The van der Waals surface area contributed by atoms with Crippen LogP contribution in [0.15, 0.2) is 18.2 Å². The molecular formula is C11H13ClN4O2. The smallest absolute Gasteiger partial charge is 0.212 e. The van der Waals surface area contributed by atoms with Crippen molar-refractivity contribution in [2.75, 3.05) is 7.11 Å². The van der Waals surface area contributed by atoms with Crippen molar-refractivity contribution in [3.8, 4) is 11.5 Å². The monoisotopic (exact) mass is 268 g/mol. The SMILES string of the molecule is COc1ccc(CCl)c(OCc2nnn(C)n2)c1. The number of rotatable bonds is 5. The highest BCUT2D eigenvalue weighted by molar-refractivity contribution is 6.17. The number of methoxy groups -OCH3 is 1. The Labute approximate surface area is 109 Å². The van der Waals surface area contributed by atoms with Gasteiger partial charge in [-0.15, -0.1) is 21.8 Å². The van der Waals surface area contributed by atoms with Crippen LogP contribution in [-0.4, -0.2) is 27.3 Å². The molecule has 7 heteroatoms. The third-order valence-electron chi connectivity index (χ3n) is 2.32. The van der Waals surface area contributed by atoms with E-state index in [4.69, 9.17) is 21.1 Å². The van der Waals surface area contributed by atoms with Crippen LogP contribution < -0.4 is 9.47 Å². The minimum atomic E-state index is 0.241. The zero-order valence-corrected chi connectivity index (χ0v) is 10.9. The van der Waals surface area contributed by atoms with Crippen LogP contribution in [0.1, 0.15) is 11.4 Å². The first-order valence-electron chi connectivity index (χ1n) is 5.31. The van der Waals surface area contributed by atoms with Gasteiger partial charge in [-0.25, -0.2) is 0 Å². The first kappa shape index (κ1) is 12.6. The average Bonchev–Trinajstić information content (AvgIpc) is 2.81. The molecule has 1 heterocycles. The number of hydrogen-bond donors (Lipinski definition) is 0. The molecule has 2 aromatic rings. The molecule has 96 valence electrons. The van der Waals surface area contributed by atoms with E-state index in [0.717, 1.165) is 5.56 Å². The molecule has 0 fully saturated rings. The molecule has 0 aliphatic heterocycles. The number of tetrazole rings is 1. The summed E-state index contributed by atoms with van der Waals surface area (Å²) in [5.74, 6) is 2.26. The van der Waals surface area contributed by atoms with Gasteiger partial charge < -0.3 is 9.47 Å². The van der Waals surface area contributed by atoms with Crippen LogP contribution in [0, 0.1) is 0 Å². The van der Waals surface area contributed by atoms with Crippen LogP contribution in [0.3, 0.4) is 0 Å². The molecule has 0 saturated heterocycles. The van der Waals surface area contributed by atoms with Gasteiger partial charge in [0.1, 0.15) is 11.5 Å². The van der Waals surface area contributed by atoms with Crippen LogP contribution in [-0.2, 0) is 19.5 Å². The number of aromatic nitrogens is 4. The van der Waals surface area contributed by atoms with Gasteiger partial charge in [0.15, 0.2) is 6.61 Å². The normalized spacial score (nSPS) is 10.4. The van der Waals surface area contributed by atoms with E-state index >= 15 is 0 Å². The van der Waals surface area contributed by atoms with E-state index in [0.29, 0.717) is 23.2 Å². The number of hydrogen-bond acceptors (Lipinski definition) is 5. The maximum absolute atomic E-state index is 5.84. The number of benzene rings is 1. The van der Waals surface area contributed by atoms with E-state index in [9.17, 15) is 0 Å². The minimum Gasteiger partial charge on any atom is -0.497 e. The van der Waals surface area contributed by atoms with Crippen molar-refractivity contribution in [1.82, 2.24) is 20.2 Å². The van der Waals surface area contributed by atoms with Gasteiger partial charge in [-0.05, 0) is 11.3 Å². The Balaban J connectivity index is 2.11. The predicted octanol–water partition coefficient (Wildman–Crippen LogP) is 1.54. The van der Waals surface area contributed by atoms with E-state index in [1.807, 2.05) is 12.1 Å². The summed E-state index contributed by atoms with van der Waals surface area (Å²) in [6.07, 6.45) is 0. The van der Waals surface area contributed by atoms with Crippen molar-refractivity contribution < 1.29 is 9.47 Å². The highest BCUT2D eigenvalue weighted by Gasteiger charge is 2.07. The summed E-state index contributed by atoms with van der Waals surface area (Å²) in [5, 5.41) is 11.6. The standard InChI is InChI=1S/C11H13ClN4O2/c1-16-14-11(13-15-16)7-18-10-5-9(17-2)4-3-8(10)6-12/h3-5H,6-7H2,1-2H3. The summed E-state index contributed by atoms with van der Waals surface area (Å²) in [6.45, 7) is 0.241. The van der Waals surface area contributed by atoms with Crippen molar-refractivity contribution in [2.24, 2.45) is 7.05 Å². The van der Waals surface area contributed by atoms with Crippen LogP contribution >= 0.6 is 11.6 Å². The zero-order chi connectivity index (χ0) is 13.0. The van der Waals surface area contributed by atoms with Crippen molar-refractivity contribution >= 4 is 11.6 Å². The van der Waals surface area contributed by atoms with Crippen LogP contribution in [0.2, 0.25) is 0 Å². The van der Waals surface area contributed by atoms with E-state index < -0.39 is 0 Å². The van der Waals surface area contributed by atoms with Gasteiger partial charge >= 0.3 is 0 Å². The molecule has 6 nitrogen and oxygen atoms in total. The van der Waals surface area contributed by atoms with Gasteiger partial charge in [-0.3, -0.25) is 0 Å². The Morgan fingerprint density at radius 1 is 1.39 bits per heavy atom. The number of alkyl halides is 1. The second-order valence-electron chi connectivity index (χ2n) is 3.59. The Morgan fingerprint density at radius 2 is 2.22 bits per heavy atom. The molecule has 0 atom stereocenters. The molecule has 0 aliphatic carbocycles. The van der Waals surface area contributed by atoms with Crippen molar-refractivity contribution in [2.45, 2.75) is 12.5 Å². The summed E-state index contributed by atoms with van der Waals surface area (Å²) in [6, 6.07) is 5.49. The maximum Gasteiger partial charge on any atom is 0.212 e. The fraction of sp³-hybridized carbons (Fsp3) is 0.364. The molecule has 0 radical (unpaired) electrons. The number of halogens is 1. The predicted molar refractivity (Wildman–Crippen MR) is 65.7 cm³/mol. The topological polar surface area (TPSA) is 62.1 Å². The summed E-state index contributed by atoms with van der Waals surface area (Å²) < 4.78 is 10.8. The van der Waals surface area contributed by atoms with Gasteiger partial charge in [0.2, 0.25) is 5.82 Å². The third-order valence-corrected chi connectivity index (χ3v) is 2.61. The quantitative estimate of drug-likeness (QED) is 0.770. The van der Waals surface area contributed by atoms with Gasteiger partial charge in [0, 0.05) is 11.6 Å². The molecule has 1 aromatic heterocycles. The highest BCUT2D eigenvalue weighted by atomic mass is 35.5. The molecule has 0 aliphatic rings. The number of aryl methyl sites for hydroxylation is 1. The lowest BCUT2D eigenvalue weighted by Crippen LogP contribution is -2.01. The second-order valence-corrected chi connectivity index (χ2v) is 3.86. The Morgan fingerprint density at radius 3 is 2.83 bits per heavy atom. The molecule has 0 amide bonds. The fourth-order valence-corrected chi connectivity index (χ4v) is 1.65. The summed E-state index contributed by atoms with van der Waals surface area (Å²) in [4.78, 5) is 1.38. The molecule has 1 aromatic carbocycles. The first-order chi connectivity index (χ1) is 8.72. The molecule has 0 unspecified atom stereocenters. The van der Waals surface area contributed by atoms with Gasteiger partial charge in [0.25, 0.3) is 0 Å².